The van der Waals surface area contributed by atoms with Crippen molar-refractivity contribution < 1.29 is 0 Å². The van der Waals surface area contributed by atoms with Gasteiger partial charge in [-0.1, -0.05) is 61.0 Å². The number of likely N-dealkylation sites (tertiary alicyclic amines) is 1. The number of nitrogens with zero attached hydrogens (tertiary/aromatic N) is 2. The predicted molar refractivity (Wildman–Crippen MR) is 110 cm³/mol. The van der Waals surface area contributed by atoms with Gasteiger partial charge in [-0.15, -0.1) is 0 Å². The summed E-state index contributed by atoms with van der Waals surface area (Å²) in [6.45, 7) is 6.00. The van der Waals surface area contributed by atoms with Crippen LogP contribution in [0.2, 0.25) is 0 Å². The summed E-state index contributed by atoms with van der Waals surface area (Å²) in [7, 11) is 0. The summed E-state index contributed by atoms with van der Waals surface area (Å²) in [5, 5.41) is 0. The van der Waals surface area contributed by atoms with Crippen LogP contribution >= 0.6 is 0 Å². The minimum Gasteiger partial charge on any atom is -0.338 e. The van der Waals surface area contributed by atoms with Crippen LogP contribution < -0.4 is 4.90 Å². The fourth-order valence-corrected chi connectivity index (χ4v) is 4.49. The van der Waals surface area contributed by atoms with Gasteiger partial charge in [-0.25, -0.2) is 0 Å². The molecule has 0 N–H and O–H groups in total. The SMILES string of the molecule is CC1=CCc2ccccc2N1C(CCN1CCCCC1)c1ccccc1. The van der Waals surface area contributed by atoms with E-state index in [1.54, 1.807) is 0 Å². The van der Waals surface area contributed by atoms with E-state index in [9.17, 15) is 0 Å². The molecule has 2 aliphatic heterocycles. The molecule has 0 saturated carbocycles. The first-order chi connectivity index (χ1) is 12.8. The third kappa shape index (κ3) is 3.71. The fourth-order valence-electron chi connectivity index (χ4n) is 4.49. The topological polar surface area (TPSA) is 6.48 Å². The van der Waals surface area contributed by atoms with Gasteiger partial charge >= 0.3 is 0 Å². The van der Waals surface area contributed by atoms with Gasteiger partial charge in [-0.2, -0.15) is 0 Å². The van der Waals surface area contributed by atoms with Crippen LogP contribution in [0.25, 0.3) is 0 Å². The molecule has 0 aliphatic carbocycles. The summed E-state index contributed by atoms with van der Waals surface area (Å²) in [5.74, 6) is 0. The fraction of sp³-hybridized carbons (Fsp3) is 0.417. The molecule has 2 heterocycles. The molecule has 0 spiro atoms. The van der Waals surface area contributed by atoms with Crippen molar-refractivity contribution in [1.29, 1.82) is 0 Å². The third-order valence-electron chi connectivity index (χ3n) is 5.91. The van der Waals surface area contributed by atoms with E-state index in [0.29, 0.717) is 6.04 Å². The maximum Gasteiger partial charge on any atom is 0.0600 e. The standard InChI is InChI=1S/C24H30N2/c1-20-14-15-22-12-6-7-13-23(22)26(20)24(21-10-4-2-5-11-21)16-19-25-17-8-3-9-18-25/h2,4-7,10-14,24H,3,8-9,15-19H2,1H3. The first-order valence-corrected chi connectivity index (χ1v) is 10.1. The Balaban J connectivity index is 1.63. The zero-order valence-electron chi connectivity index (χ0n) is 15.9. The van der Waals surface area contributed by atoms with Crippen molar-refractivity contribution in [3.63, 3.8) is 0 Å². The summed E-state index contributed by atoms with van der Waals surface area (Å²) in [6.07, 6.45) is 8.73. The first kappa shape index (κ1) is 17.4. The van der Waals surface area contributed by atoms with E-state index in [-0.39, 0.29) is 0 Å². The lowest BCUT2D eigenvalue weighted by atomic mass is 9.95. The molecule has 1 atom stereocenters. The predicted octanol–water partition coefficient (Wildman–Crippen LogP) is 5.57. The molecule has 4 rings (SSSR count). The van der Waals surface area contributed by atoms with Gasteiger partial charge in [0.05, 0.1) is 6.04 Å². The van der Waals surface area contributed by atoms with Gasteiger partial charge in [0, 0.05) is 17.9 Å². The Morgan fingerprint density at radius 3 is 2.42 bits per heavy atom. The molecule has 136 valence electrons. The van der Waals surface area contributed by atoms with Crippen LogP contribution in [0.1, 0.15) is 49.8 Å². The van der Waals surface area contributed by atoms with Crippen LogP contribution in [-0.2, 0) is 6.42 Å². The highest BCUT2D eigenvalue weighted by molar-refractivity contribution is 5.62. The monoisotopic (exact) mass is 346 g/mol. The molecule has 0 aromatic heterocycles. The number of rotatable bonds is 5. The van der Waals surface area contributed by atoms with Gasteiger partial charge in [-0.05, 0) is 62.9 Å². The highest BCUT2D eigenvalue weighted by Crippen LogP contribution is 2.38. The largest absolute Gasteiger partial charge is 0.338 e. The average molecular weight is 347 g/mol. The molecule has 0 bridgehead atoms. The molecule has 1 fully saturated rings. The number of piperidine rings is 1. The molecule has 26 heavy (non-hydrogen) atoms. The van der Waals surface area contributed by atoms with Crippen LogP contribution in [0.5, 0.6) is 0 Å². The molecule has 0 amide bonds. The van der Waals surface area contributed by atoms with Gasteiger partial charge < -0.3 is 9.80 Å². The smallest absolute Gasteiger partial charge is 0.0600 e. The van der Waals surface area contributed by atoms with Crippen molar-refractivity contribution in [3.8, 4) is 0 Å². The Bertz CT molecular complexity index is 744. The lowest BCUT2D eigenvalue weighted by Gasteiger charge is -2.39. The highest BCUT2D eigenvalue weighted by Gasteiger charge is 2.26. The quantitative estimate of drug-likeness (QED) is 0.698. The van der Waals surface area contributed by atoms with E-state index in [1.165, 1.54) is 67.8 Å². The minimum atomic E-state index is 0.399. The van der Waals surface area contributed by atoms with Gasteiger partial charge in [0.1, 0.15) is 0 Å². The van der Waals surface area contributed by atoms with Crippen molar-refractivity contribution in [2.75, 3.05) is 24.5 Å². The van der Waals surface area contributed by atoms with Crippen LogP contribution in [0, 0.1) is 0 Å². The van der Waals surface area contributed by atoms with E-state index in [2.05, 4.69) is 77.4 Å². The number of anilines is 1. The minimum absolute atomic E-state index is 0.399. The lowest BCUT2D eigenvalue weighted by molar-refractivity contribution is 0.220. The number of benzene rings is 2. The maximum atomic E-state index is 2.66. The molecular formula is C24H30N2. The second-order valence-corrected chi connectivity index (χ2v) is 7.67. The van der Waals surface area contributed by atoms with Crippen LogP contribution in [0.15, 0.2) is 66.4 Å². The van der Waals surface area contributed by atoms with Crippen molar-refractivity contribution in [2.24, 2.45) is 0 Å². The zero-order valence-corrected chi connectivity index (χ0v) is 15.9. The van der Waals surface area contributed by atoms with Crippen molar-refractivity contribution in [1.82, 2.24) is 4.90 Å². The summed E-state index contributed by atoms with van der Waals surface area (Å²) in [5.41, 5.74) is 5.64. The highest BCUT2D eigenvalue weighted by atomic mass is 15.2. The van der Waals surface area contributed by atoms with Gasteiger partial charge in [0.2, 0.25) is 0 Å². The number of hydrogen-bond acceptors (Lipinski definition) is 2. The van der Waals surface area contributed by atoms with Gasteiger partial charge in [0.25, 0.3) is 0 Å². The van der Waals surface area contributed by atoms with Crippen LogP contribution in [-0.4, -0.2) is 24.5 Å². The van der Waals surface area contributed by atoms with Crippen LogP contribution in [0.3, 0.4) is 0 Å². The lowest BCUT2D eigenvalue weighted by Crippen LogP contribution is -2.35. The summed E-state index contributed by atoms with van der Waals surface area (Å²) in [4.78, 5) is 5.24. The summed E-state index contributed by atoms with van der Waals surface area (Å²) in [6, 6.07) is 20.4. The molecule has 2 heteroatoms. The molecule has 2 aromatic rings. The van der Waals surface area contributed by atoms with Crippen molar-refractivity contribution in [2.45, 2.75) is 45.1 Å². The number of allylic oxidation sites excluding steroid dienone is 2. The van der Waals surface area contributed by atoms with Crippen molar-refractivity contribution in [3.05, 3.63) is 77.5 Å². The molecule has 0 radical (unpaired) electrons. The second kappa shape index (κ2) is 8.09. The number of para-hydroxylation sites is 1. The number of hydrogen-bond donors (Lipinski definition) is 0. The van der Waals surface area contributed by atoms with E-state index < -0.39 is 0 Å². The van der Waals surface area contributed by atoms with E-state index in [4.69, 9.17) is 0 Å². The summed E-state index contributed by atoms with van der Waals surface area (Å²) >= 11 is 0. The maximum absolute atomic E-state index is 2.66. The Kier molecular flexibility index (Phi) is 5.40. The first-order valence-electron chi connectivity index (χ1n) is 10.1. The Labute approximate surface area is 158 Å². The van der Waals surface area contributed by atoms with E-state index in [0.717, 1.165) is 6.42 Å². The average Bonchev–Trinajstić information content (AvgIpc) is 2.71. The molecule has 1 unspecified atom stereocenters. The van der Waals surface area contributed by atoms with E-state index >= 15 is 0 Å². The normalized spacial score (nSPS) is 19.0. The zero-order chi connectivity index (χ0) is 17.8. The number of fused-ring (bicyclic) bond motifs is 1. The van der Waals surface area contributed by atoms with Crippen LogP contribution in [0.4, 0.5) is 5.69 Å². The molecule has 2 aromatic carbocycles. The molecular weight excluding hydrogens is 316 g/mol. The molecule has 2 nitrogen and oxygen atoms in total. The molecule has 2 aliphatic rings. The van der Waals surface area contributed by atoms with Gasteiger partial charge in [-0.3, -0.25) is 0 Å². The Hall–Kier alpha value is -2.06. The Morgan fingerprint density at radius 1 is 0.885 bits per heavy atom. The van der Waals surface area contributed by atoms with Gasteiger partial charge in [0.15, 0.2) is 0 Å². The molecule has 1 saturated heterocycles. The second-order valence-electron chi connectivity index (χ2n) is 7.67. The third-order valence-corrected chi connectivity index (χ3v) is 5.91. The van der Waals surface area contributed by atoms with Crippen molar-refractivity contribution >= 4 is 5.69 Å². The Morgan fingerprint density at radius 2 is 1.62 bits per heavy atom. The van der Waals surface area contributed by atoms with E-state index in [1.807, 2.05) is 0 Å². The summed E-state index contributed by atoms with van der Waals surface area (Å²) < 4.78 is 0.